The smallest absolute Gasteiger partial charge is 0.275 e. The van der Waals surface area contributed by atoms with Gasteiger partial charge in [-0.1, -0.05) is 6.07 Å². The molecule has 0 bridgehead atoms. The van der Waals surface area contributed by atoms with Gasteiger partial charge >= 0.3 is 0 Å². The lowest BCUT2D eigenvalue weighted by Gasteiger charge is -2.15. The number of hydrogen-bond acceptors (Lipinski definition) is 4. The Morgan fingerprint density at radius 1 is 1.07 bits per heavy atom. The average molecular weight is 377 g/mol. The largest absolute Gasteiger partial charge is 0.493 e. The summed E-state index contributed by atoms with van der Waals surface area (Å²) in [5.41, 5.74) is 0.929. The van der Waals surface area contributed by atoms with Gasteiger partial charge < -0.3 is 24.4 Å². The van der Waals surface area contributed by atoms with Gasteiger partial charge in [0.05, 0.1) is 21.3 Å². The fourth-order valence-electron chi connectivity index (χ4n) is 2.49. The van der Waals surface area contributed by atoms with Crippen molar-refractivity contribution in [2.45, 2.75) is 6.54 Å². The Balaban J connectivity index is 1.70. The number of hydrogen-bond donors (Lipinski definition) is 2. The molecule has 0 aliphatic rings. The van der Waals surface area contributed by atoms with Crippen molar-refractivity contribution in [1.82, 2.24) is 5.32 Å². The molecule has 2 aromatic carbocycles. The van der Waals surface area contributed by atoms with Crippen LogP contribution in [-0.2, 0) is 11.3 Å². The molecule has 27 heavy (non-hydrogen) atoms. The Hall–Kier alpha value is -2.80. The van der Waals surface area contributed by atoms with E-state index in [1.54, 1.807) is 26.4 Å². The van der Waals surface area contributed by atoms with E-state index in [0.29, 0.717) is 43.5 Å². The third-order valence-corrected chi connectivity index (χ3v) is 4.01. The maximum Gasteiger partial charge on any atom is 0.275 e. The van der Waals surface area contributed by atoms with Gasteiger partial charge in [0, 0.05) is 6.54 Å². The Bertz CT molecular complexity index is 737. The normalized spacial score (nSPS) is 11.6. The molecule has 2 aromatic rings. The molecule has 1 atom stereocenters. The second-order valence-electron chi connectivity index (χ2n) is 6.15. The maximum atomic E-state index is 12.8. The zero-order valence-corrected chi connectivity index (χ0v) is 15.9. The summed E-state index contributed by atoms with van der Waals surface area (Å²) in [7, 11) is 5.08. The first-order valence-corrected chi connectivity index (χ1v) is 8.69. The first-order valence-electron chi connectivity index (χ1n) is 8.69. The van der Waals surface area contributed by atoms with Crippen LogP contribution in [0.1, 0.15) is 5.56 Å². The topological polar surface area (TPSA) is 61.2 Å². The minimum atomic E-state index is -0.295. The predicted octanol–water partition coefficient (Wildman–Crippen LogP) is 1.05. The number of quaternary nitrogens is 1. The third kappa shape index (κ3) is 6.79. The van der Waals surface area contributed by atoms with Crippen LogP contribution in [0.2, 0.25) is 0 Å². The van der Waals surface area contributed by atoms with E-state index in [2.05, 4.69) is 5.32 Å². The minimum absolute atomic E-state index is 0.0518. The van der Waals surface area contributed by atoms with Crippen molar-refractivity contribution in [2.24, 2.45) is 0 Å². The van der Waals surface area contributed by atoms with E-state index in [-0.39, 0.29) is 11.7 Å². The lowest BCUT2D eigenvalue weighted by molar-refractivity contribution is -0.871. The first-order chi connectivity index (χ1) is 13.0. The fourth-order valence-corrected chi connectivity index (χ4v) is 2.49. The lowest BCUT2D eigenvalue weighted by Crippen LogP contribution is -3.10. The number of carbonyl (C=O) groups excluding carboxylic acids is 1. The van der Waals surface area contributed by atoms with Crippen molar-refractivity contribution in [1.29, 1.82) is 0 Å². The maximum absolute atomic E-state index is 12.8. The summed E-state index contributed by atoms with van der Waals surface area (Å²) in [4.78, 5) is 13.1. The molecule has 0 aliphatic heterocycles. The molecule has 146 valence electrons. The van der Waals surface area contributed by atoms with Crippen molar-refractivity contribution >= 4 is 5.91 Å². The van der Waals surface area contributed by atoms with Crippen LogP contribution >= 0.6 is 0 Å². The second-order valence-corrected chi connectivity index (χ2v) is 6.15. The number of methoxy groups -OCH3 is 2. The molecule has 0 aliphatic carbocycles. The zero-order chi connectivity index (χ0) is 19.6. The Morgan fingerprint density at radius 2 is 1.78 bits per heavy atom. The van der Waals surface area contributed by atoms with Crippen LogP contribution in [-0.4, -0.2) is 46.9 Å². The van der Waals surface area contributed by atoms with E-state index in [1.165, 1.54) is 12.1 Å². The number of ether oxygens (including phenoxy) is 3. The van der Waals surface area contributed by atoms with Gasteiger partial charge in [-0.25, -0.2) is 4.39 Å². The van der Waals surface area contributed by atoms with Gasteiger partial charge in [-0.2, -0.15) is 0 Å². The number of benzene rings is 2. The van der Waals surface area contributed by atoms with E-state index >= 15 is 0 Å². The molecule has 7 heteroatoms. The van der Waals surface area contributed by atoms with Gasteiger partial charge in [0.2, 0.25) is 0 Å². The van der Waals surface area contributed by atoms with Crippen LogP contribution in [0.4, 0.5) is 4.39 Å². The Labute approximate surface area is 158 Å². The van der Waals surface area contributed by atoms with Crippen molar-refractivity contribution in [3.8, 4) is 17.2 Å². The Morgan fingerprint density at radius 3 is 2.44 bits per heavy atom. The van der Waals surface area contributed by atoms with Crippen LogP contribution in [0.5, 0.6) is 17.2 Å². The van der Waals surface area contributed by atoms with E-state index in [9.17, 15) is 9.18 Å². The summed E-state index contributed by atoms with van der Waals surface area (Å²) in [6.45, 7) is 1.85. The highest BCUT2D eigenvalue weighted by Gasteiger charge is 2.11. The summed E-state index contributed by atoms with van der Waals surface area (Å²) < 4.78 is 28.8. The molecule has 1 unspecified atom stereocenters. The van der Waals surface area contributed by atoms with Crippen molar-refractivity contribution in [3.05, 3.63) is 53.8 Å². The molecule has 0 saturated carbocycles. The monoisotopic (exact) mass is 377 g/mol. The molecule has 0 fully saturated rings. The average Bonchev–Trinajstić information content (AvgIpc) is 2.67. The number of likely N-dealkylation sites (N-methyl/N-ethyl adjacent to an activating group) is 1. The van der Waals surface area contributed by atoms with E-state index < -0.39 is 0 Å². The van der Waals surface area contributed by atoms with Crippen LogP contribution in [0.25, 0.3) is 0 Å². The van der Waals surface area contributed by atoms with Crippen LogP contribution in [0.3, 0.4) is 0 Å². The molecule has 0 heterocycles. The second kappa shape index (κ2) is 10.4. The lowest BCUT2D eigenvalue weighted by atomic mass is 10.2. The zero-order valence-electron chi connectivity index (χ0n) is 15.9. The number of amides is 1. The van der Waals surface area contributed by atoms with E-state index in [1.807, 2.05) is 25.2 Å². The summed E-state index contributed by atoms with van der Waals surface area (Å²) >= 11 is 0. The van der Waals surface area contributed by atoms with Gasteiger partial charge in [-0.05, 0) is 42.0 Å². The summed E-state index contributed by atoms with van der Waals surface area (Å²) in [6, 6.07) is 11.4. The number of carbonyl (C=O) groups is 1. The van der Waals surface area contributed by atoms with Gasteiger partial charge in [-0.3, -0.25) is 4.79 Å². The number of rotatable bonds is 10. The molecule has 0 aromatic heterocycles. The van der Waals surface area contributed by atoms with Crippen LogP contribution < -0.4 is 24.4 Å². The van der Waals surface area contributed by atoms with Crippen molar-refractivity contribution in [3.63, 3.8) is 0 Å². The van der Waals surface area contributed by atoms with E-state index in [4.69, 9.17) is 14.2 Å². The number of halogens is 1. The summed E-state index contributed by atoms with van der Waals surface area (Å²) in [6.07, 6.45) is 0. The third-order valence-electron chi connectivity index (χ3n) is 4.01. The molecular formula is C20H26FN2O4+. The molecule has 0 spiro atoms. The SMILES string of the molecule is COc1ccc(CNC(=O)C[NH+](C)CCOc2ccc(F)cc2)cc1OC. The fraction of sp³-hybridized carbons (Fsp3) is 0.350. The van der Waals surface area contributed by atoms with Gasteiger partial charge in [0.1, 0.15) is 24.7 Å². The van der Waals surface area contributed by atoms with Crippen LogP contribution in [0.15, 0.2) is 42.5 Å². The Kier molecular flexibility index (Phi) is 7.88. The summed E-state index contributed by atoms with van der Waals surface area (Å²) in [5, 5.41) is 2.89. The first kappa shape index (κ1) is 20.5. The van der Waals surface area contributed by atoms with Crippen LogP contribution in [0, 0.1) is 5.82 Å². The number of nitrogens with one attached hydrogen (secondary N) is 2. The molecule has 0 radical (unpaired) electrons. The molecule has 2 N–H and O–H groups in total. The van der Waals surface area contributed by atoms with E-state index in [0.717, 1.165) is 10.5 Å². The highest BCUT2D eigenvalue weighted by Crippen LogP contribution is 2.27. The molecular weight excluding hydrogens is 351 g/mol. The predicted molar refractivity (Wildman–Crippen MR) is 99.9 cm³/mol. The van der Waals surface area contributed by atoms with Gasteiger partial charge in [0.25, 0.3) is 5.91 Å². The standard InChI is InChI=1S/C20H25FN2O4/c1-23(10-11-27-17-7-5-16(21)6-8-17)14-20(24)22-13-15-4-9-18(25-2)19(12-15)26-3/h4-9,12H,10-11,13-14H2,1-3H3,(H,22,24)/p+1. The quantitative estimate of drug-likeness (QED) is 0.650. The highest BCUT2D eigenvalue weighted by atomic mass is 19.1. The summed E-state index contributed by atoms with van der Waals surface area (Å²) in [5.74, 6) is 1.55. The molecule has 2 rings (SSSR count). The minimum Gasteiger partial charge on any atom is -0.493 e. The molecule has 1 amide bonds. The van der Waals surface area contributed by atoms with Crippen molar-refractivity contribution < 1.29 is 28.3 Å². The molecule has 6 nitrogen and oxygen atoms in total. The van der Waals surface area contributed by atoms with Gasteiger partial charge in [-0.15, -0.1) is 0 Å². The molecule has 0 saturated heterocycles. The highest BCUT2D eigenvalue weighted by molar-refractivity contribution is 5.76. The van der Waals surface area contributed by atoms with Crippen molar-refractivity contribution in [2.75, 3.05) is 41.0 Å². The van der Waals surface area contributed by atoms with Gasteiger partial charge in [0.15, 0.2) is 18.0 Å².